The van der Waals surface area contributed by atoms with Crippen molar-refractivity contribution in [2.75, 3.05) is 28.4 Å². The molecular weight excluding hydrogens is 2250 g/mol. The number of halogens is 20. The third-order valence-electron chi connectivity index (χ3n) is 10.7. The Bertz CT molecular complexity index is 4060. The molecule has 0 saturated heterocycles. The molecule has 8 aromatic rings. The van der Waals surface area contributed by atoms with Crippen molar-refractivity contribution < 1.29 is 57.8 Å². The minimum absolute atomic E-state index is 0. The standard InChI is InChI=1S/C15H7Br2Cl2NO3.C15H7Cl2I2NO3.2C8H5Cl3O2.C7H3Br2NO.C7H3I2NO.2CH4.2ClH/c1-20-7-5-8(16)13(9(17)6-7)23-15(21)12-10(18)3-4-11(19)14(12)22-2;1-20-7-5-10(18)14(11(19)6-7)23-15(21)12-8(16)3-4-9(17)13(12)22-2;2*1-13-7-5(10)3-2-4(9)6(7)8(11)12;2*1-10-4-2-5(8)7(11)6(9)3-4;;;;/h2*3-6H,2H3;2*2-3H,1H3;2*2-3,11H;2*1H4;2*1H. The Morgan fingerprint density at radius 3 is 0.847 bits per heavy atom. The lowest BCUT2D eigenvalue weighted by molar-refractivity contribution is 0.0719. The Morgan fingerprint density at radius 2 is 0.592 bits per heavy atom. The van der Waals surface area contributed by atoms with Crippen molar-refractivity contribution in [3.05, 3.63) is 237 Å². The summed E-state index contributed by atoms with van der Waals surface area (Å²) in [5.41, 5.74) is 2.19. The molecule has 36 heteroatoms. The van der Waals surface area contributed by atoms with Gasteiger partial charge in [0.25, 0.3) is 10.5 Å². The topological polar surface area (TPSA) is 182 Å². The minimum atomic E-state index is -0.730. The summed E-state index contributed by atoms with van der Waals surface area (Å²) >= 11 is 78.5. The van der Waals surface area contributed by atoms with Crippen molar-refractivity contribution in [2.45, 2.75) is 14.9 Å². The number of benzene rings is 8. The first-order valence-electron chi connectivity index (χ1n) is 24.0. The molecule has 0 atom stereocenters. The lowest BCUT2D eigenvalue weighted by atomic mass is 10.2. The highest BCUT2D eigenvalue weighted by atomic mass is 127. The van der Waals surface area contributed by atoms with Crippen LogP contribution in [0.2, 0.25) is 40.2 Å². The van der Waals surface area contributed by atoms with Gasteiger partial charge in [0.1, 0.15) is 22.6 Å². The van der Waals surface area contributed by atoms with Crippen LogP contribution in [-0.2, 0) is 0 Å². The van der Waals surface area contributed by atoms with E-state index < -0.39 is 22.4 Å². The van der Waals surface area contributed by atoms with Gasteiger partial charge in [0.05, 0.1) is 124 Å². The number of hydrogen-bond acceptors (Lipinski definition) is 12. The Hall–Kier alpha value is -2.88. The van der Waals surface area contributed by atoms with Crippen LogP contribution in [0.5, 0.6) is 46.0 Å². The second-order valence-electron chi connectivity index (χ2n) is 16.5. The molecule has 0 aliphatic rings. The Labute approximate surface area is 714 Å². The zero-order valence-corrected chi connectivity index (χ0v) is 71.8. The van der Waals surface area contributed by atoms with E-state index in [0.29, 0.717) is 63.6 Å². The van der Waals surface area contributed by atoms with Gasteiger partial charge in [0.2, 0.25) is 0 Å². The van der Waals surface area contributed by atoms with Crippen molar-refractivity contribution in [3.8, 4) is 46.0 Å². The lowest BCUT2D eigenvalue weighted by Gasteiger charge is -2.13. The van der Waals surface area contributed by atoms with E-state index in [-0.39, 0.29) is 132 Å². The smallest absolute Gasteiger partial charge is 0.348 e. The van der Waals surface area contributed by atoms with Crippen LogP contribution in [0.15, 0.2) is 115 Å². The first kappa shape index (κ1) is 97.2. The largest absolute Gasteiger partial charge is 0.506 e. The van der Waals surface area contributed by atoms with Crippen LogP contribution in [-0.4, -0.2) is 61.1 Å². The van der Waals surface area contributed by atoms with Crippen LogP contribution < -0.4 is 28.4 Å². The van der Waals surface area contributed by atoms with Crippen LogP contribution in [0.4, 0.5) is 22.7 Å². The van der Waals surface area contributed by atoms with Gasteiger partial charge in [-0.25, -0.2) is 29.0 Å². The summed E-state index contributed by atoms with van der Waals surface area (Å²) in [5, 5.41) is 19.0. The van der Waals surface area contributed by atoms with Crippen molar-refractivity contribution in [1.29, 1.82) is 0 Å². The molecule has 520 valence electrons. The molecule has 0 bridgehead atoms. The first-order chi connectivity index (χ1) is 44.2. The third kappa shape index (κ3) is 27.6. The summed E-state index contributed by atoms with van der Waals surface area (Å²) in [7, 11) is 5.55. The van der Waals surface area contributed by atoms with Crippen molar-refractivity contribution in [3.63, 3.8) is 0 Å². The van der Waals surface area contributed by atoms with Gasteiger partial charge >= 0.3 is 11.9 Å². The molecule has 8 rings (SSSR count). The summed E-state index contributed by atoms with van der Waals surface area (Å²) < 4.78 is 35.6. The molecule has 0 amide bonds. The molecule has 0 fully saturated rings. The SMILES string of the molecule is C.C.COc1c(Cl)ccc(Cl)c1C(=O)Cl.COc1c(Cl)ccc(Cl)c1C(=O)Cl.Cl.Cl.[C-]#[N+]c1cc(Br)c(O)c(Br)c1.[C-]#[N+]c1cc(Br)c(OC(=O)c2c(Cl)ccc(Cl)c2OC)c(Br)c1.[C-]#[N+]c1cc(I)c(O)c(I)c1.[C-]#[N+]c1cc(I)c(OC(=O)c2c(Cl)ccc(Cl)c2OC)c(I)c1. The van der Waals surface area contributed by atoms with Gasteiger partial charge in [0, 0.05) is 14.3 Å². The molecular formula is C62H40Br4Cl12I4N4O12. The van der Waals surface area contributed by atoms with Crippen molar-refractivity contribution >= 4 is 340 Å². The summed E-state index contributed by atoms with van der Waals surface area (Å²) in [6.45, 7) is 27.5. The van der Waals surface area contributed by atoms with E-state index in [1.807, 2.05) is 90.4 Å². The van der Waals surface area contributed by atoms with Crippen LogP contribution in [0.3, 0.4) is 0 Å². The monoisotopic (exact) mass is 2280 g/mol. The summed E-state index contributed by atoms with van der Waals surface area (Å²) in [6.07, 6.45) is 0. The number of methoxy groups -OCH3 is 4. The second-order valence-corrected chi connectivity index (χ2v) is 28.5. The molecule has 8 aromatic carbocycles. The molecule has 0 aliphatic heterocycles. The van der Waals surface area contributed by atoms with Crippen LogP contribution >= 0.6 is 295 Å². The average molecular weight is 2290 g/mol. The number of carbonyl (C=O) groups excluding carboxylic acids is 4. The number of aromatic hydroxyl groups is 2. The van der Waals surface area contributed by atoms with Crippen LogP contribution in [0.25, 0.3) is 19.4 Å². The first-order valence-corrected chi connectivity index (χ1v) is 35.2. The molecule has 0 saturated carbocycles. The molecule has 0 aliphatic carbocycles. The number of esters is 2. The fraction of sp³-hybridized carbons (Fsp3) is 0.0968. The second kappa shape index (κ2) is 47.5. The zero-order chi connectivity index (χ0) is 71.2. The molecule has 0 spiro atoms. The van der Waals surface area contributed by atoms with Crippen LogP contribution in [0.1, 0.15) is 56.3 Å². The number of ether oxygens (including phenoxy) is 6. The number of phenolic OH excluding ortho intramolecular Hbond substituents is 2. The predicted octanol–water partition coefficient (Wildman–Crippen LogP) is 27.8. The highest BCUT2D eigenvalue weighted by molar-refractivity contribution is 14.1. The molecule has 98 heavy (non-hydrogen) atoms. The maximum absolute atomic E-state index is 12.5. The van der Waals surface area contributed by atoms with E-state index in [2.05, 4.69) is 83.1 Å². The normalized spacial score (nSPS) is 9.41. The van der Waals surface area contributed by atoms with E-state index in [0.717, 1.165) is 7.14 Å². The lowest BCUT2D eigenvalue weighted by Crippen LogP contribution is -2.12. The van der Waals surface area contributed by atoms with Crippen molar-refractivity contribution in [2.24, 2.45) is 0 Å². The molecule has 0 radical (unpaired) electrons. The predicted molar refractivity (Wildman–Crippen MR) is 446 cm³/mol. The average Bonchev–Trinajstić information content (AvgIpc) is 0.815. The number of hydrogen-bond donors (Lipinski definition) is 2. The van der Waals surface area contributed by atoms with E-state index in [1.165, 1.54) is 89.1 Å². The Morgan fingerprint density at radius 1 is 0.367 bits per heavy atom. The maximum Gasteiger partial charge on any atom is 0.348 e. The molecule has 0 aromatic heterocycles. The minimum Gasteiger partial charge on any atom is -0.506 e. The fourth-order valence-corrected chi connectivity index (χ4v) is 15.1. The highest BCUT2D eigenvalue weighted by Gasteiger charge is 2.26. The summed E-state index contributed by atoms with van der Waals surface area (Å²) in [5.74, 6) is 0.259. The van der Waals surface area contributed by atoms with Crippen LogP contribution in [0, 0.1) is 40.6 Å². The van der Waals surface area contributed by atoms with Crippen molar-refractivity contribution in [1.82, 2.24) is 0 Å². The third-order valence-corrected chi connectivity index (χ3v) is 19.2. The zero-order valence-electron chi connectivity index (χ0n) is 47.6. The molecule has 2 N–H and O–H groups in total. The van der Waals surface area contributed by atoms with Gasteiger partial charge in [-0.2, -0.15) is 0 Å². The molecule has 0 unspecified atom stereocenters. The van der Waals surface area contributed by atoms with E-state index >= 15 is 0 Å². The van der Waals surface area contributed by atoms with E-state index in [4.69, 9.17) is 171 Å². The molecule has 0 heterocycles. The summed E-state index contributed by atoms with van der Waals surface area (Å²) in [4.78, 5) is 60.0. The Kier molecular flexibility index (Phi) is 47.1. The van der Waals surface area contributed by atoms with Gasteiger partial charge < -0.3 is 38.6 Å². The van der Waals surface area contributed by atoms with E-state index in [1.54, 1.807) is 36.4 Å². The van der Waals surface area contributed by atoms with Gasteiger partial charge in [-0.3, -0.25) is 9.59 Å². The Balaban J connectivity index is 0. The maximum atomic E-state index is 12.5. The highest BCUT2D eigenvalue weighted by Crippen LogP contribution is 2.43. The fourth-order valence-electron chi connectivity index (χ4n) is 6.62. The number of phenols is 2. The number of nitrogens with zero attached hydrogens (tertiary/aromatic N) is 4. The van der Waals surface area contributed by atoms with E-state index in [9.17, 15) is 29.4 Å². The van der Waals surface area contributed by atoms with Gasteiger partial charge in [-0.15, -0.1) is 24.8 Å². The molecule has 16 nitrogen and oxygen atoms in total. The quantitative estimate of drug-likeness (QED) is 0.0435. The van der Waals surface area contributed by atoms with Gasteiger partial charge in [-0.05, 0) is 274 Å². The summed E-state index contributed by atoms with van der Waals surface area (Å²) in [6, 6.07) is 24.9. The number of rotatable bonds is 10. The number of carbonyl (C=O) groups is 4. The van der Waals surface area contributed by atoms with Gasteiger partial charge in [-0.1, -0.05) is 108 Å². The van der Waals surface area contributed by atoms with Gasteiger partial charge in [0.15, 0.2) is 57.2 Å².